The highest BCUT2D eigenvalue weighted by Gasteiger charge is 2.46. The van der Waals surface area contributed by atoms with Gasteiger partial charge < -0.3 is 15.0 Å². The molecular weight excluding hydrogens is 377 g/mol. The van der Waals surface area contributed by atoms with E-state index in [-0.39, 0.29) is 19.6 Å². The Morgan fingerprint density at radius 2 is 1.90 bits per heavy atom. The minimum Gasteiger partial charge on any atom is -0.383 e. The second-order valence-electron chi connectivity index (χ2n) is 6.76. The standard InChI is InChI=1S/C21H22FN3O4/c1-14-4-3-5-17(12-14)25-20(27)18(24(21(25)28)10-11-29-2)13-19(26)23-16-8-6-15(22)7-9-16/h3-9,12,18H,10-11,13H2,1-2H3,(H,23,26)/t18-/m1/s1. The number of nitrogens with one attached hydrogen (secondary N) is 1. The van der Waals surface area contributed by atoms with Gasteiger partial charge in [0, 0.05) is 19.3 Å². The van der Waals surface area contributed by atoms with E-state index in [1.807, 2.05) is 13.0 Å². The number of nitrogens with zero attached hydrogens (tertiary/aromatic N) is 2. The van der Waals surface area contributed by atoms with Crippen LogP contribution < -0.4 is 10.2 Å². The number of amides is 4. The first-order valence-corrected chi connectivity index (χ1v) is 9.16. The van der Waals surface area contributed by atoms with E-state index in [1.54, 1.807) is 18.2 Å². The molecule has 1 heterocycles. The number of rotatable bonds is 7. The van der Waals surface area contributed by atoms with Gasteiger partial charge >= 0.3 is 6.03 Å². The Morgan fingerprint density at radius 3 is 2.55 bits per heavy atom. The summed E-state index contributed by atoms with van der Waals surface area (Å²) >= 11 is 0. The van der Waals surface area contributed by atoms with Crippen LogP contribution in [0.1, 0.15) is 12.0 Å². The van der Waals surface area contributed by atoms with E-state index in [0.717, 1.165) is 10.5 Å². The smallest absolute Gasteiger partial charge is 0.332 e. The van der Waals surface area contributed by atoms with E-state index in [2.05, 4.69) is 5.32 Å². The average Bonchev–Trinajstić information content (AvgIpc) is 2.91. The molecule has 1 saturated heterocycles. The van der Waals surface area contributed by atoms with Gasteiger partial charge in [0.05, 0.1) is 18.7 Å². The molecule has 0 aliphatic carbocycles. The molecule has 0 spiro atoms. The molecule has 8 heteroatoms. The molecule has 1 N–H and O–H groups in total. The fourth-order valence-corrected chi connectivity index (χ4v) is 3.20. The van der Waals surface area contributed by atoms with Gasteiger partial charge in [-0.25, -0.2) is 14.1 Å². The monoisotopic (exact) mass is 399 g/mol. The summed E-state index contributed by atoms with van der Waals surface area (Å²) in [7, 11) is 1.50. The number of hydrogen-bond acceptors (Lipinski definition) is 4. The number of anilines is 2. The van der Waals surface area contributed by atoms with Crippen molar-refractivity contribution in [3.63, 3.8) is 0 Å². The number of ether oxygens (including phenoxy) is 1. The van der Waals surface area contributed by atoms with Gasteiger partial charge in [-0.15, -0.1) is 0 Å². The third kappa shape index (κ3) is 4.60. The van der Waals surface area contributed by atoms with E-state index in [0.29, 0.717) is 11.4 Å². The van der Waals surface area contributed by atoms with Gasteiger partial charge in [0.15, 0.2) is 0 Å². The van der Waals surface area contributed by atoms with Crippen LogP contribution in [-0.2, 0) is 14.3 Å². The average molecular weight is 399 g/mol. The van der Waals surface area contributed by atoms with Crippen LogP contribution in [0.15, 0.2) is 48.5 Å². The summed E-state index contributed by atoms with van der Waals surface area (Å²) in [6.45, 7) is 2.28. The Balaban J connectivity index is 1.80. The molecule has 0 radical (unpaired) electrons. The first-order chi connectivity index (χ1) is 13.9. The SMILES string of the molecule is COCCN1C(=O)N(c2cccc(C)c2)C(=O)[C@H]1CC(=O)Nc1ccc(F)cc1. The third-order valence-corrected chi connectivity index (χ3v) is 4.62. The summed E-state index contributed by atoms with van der Waals surface area (Å²) < 4.78 is 18.1. The fourth-order valence-electron chi connectivity index (χ4n) is 3.20. The van der Waals surface area contributed by atoms with Crippen LogP contribution in [0.25, 0.3) is 0 Å². The second kappa shape index (κ2) is 8.83. The largest absolute Gasteiger partial charge is 0.383 e. The van der Waals surface area contributed by atoms with Crippen LogP contribution in [0, 0.1) is 12.7 Å². The number of imide groups is 1. The Bertz CT molecular complexity index is 916. The maximum absolute atomic E-state index is 13.0. The number of carbonyl (C=O) groups excluding carboxylic acids is 3. The Hall–Kier alpha value is -3.26. The molecule has 1 fully saturated rings. The van der Waals surface area contributed by atoms with Crippen LogP contribution in [0.5, 0.6) is 0 Å². The predicted octanol–water partition coefficient (Wildman–Crippen LogP) is 2.95. The molecule has 1 aliphatic heterocycles. The minimum absolute atomic E-state index is 0.178. The summed E-state index contributed by atoms with van der Waals surface area (Å²) in [5, 5.41) is 2.63. The maximum Gasteiger partial charge on any atom is 0.332 e. The molecule has 1 aliphatic rings. The van der Waals surface area contributed by atoms with Crippen molar-refractivity contribution >= 4 is 29.2 Å². The molecule has 2 aromatic carbocycles. The number of urea groups is 1. The highest BCUT2D eigenvalue weighted by molar-refractivity contribution is 6.22. The van der Waals surface area contributed by atoms with Gasteiger partial charge in [-0.2, -0.15) is 0 Å². The van der Waals surface area contributed by atoms with Gasteiger partial charge in [-0.05, 0) is 48.9 Å². The predicted molar refractivity (Wildman–Crippen MR) is 106 cm³/mol. The molecule has 4 amide bonds. The van der Waals surface area contributed by atoms with E-state index >= 15 is 0 Å². The number of carbonyl (C=O) groups is 3. The van der Waals surface area contributed by atoms with Gasteiger partial charge in [0.25, 0.3) is 5.91 Å². The van der Waals surface area contributed by atoms with Gasteiger partial charge in [0.2, 0.25) is 5.91 Å². The zero-order valence-electron chi connectivity index (χ0n) is 16.2. The molecular formula is C21H22FN3O4. The van der Waals surface area contributed by atoms with Crippen molar-refractivity contribution in [3.8, 4) is 0 Å². The Kier molecular flexibility index (Phi) is 6.23. The van der Waals surface area contributed by atoms with Crippen LogP contribution >= 0.6 is 0 Å². The van der Waals surface area contributed by atoms with Crippen molar-refractivity contribution in [2.45, 2.75) is 19.4 Å². The van der Waals surface area contributed by atoms with E-state index in [9.17, 15) is 18.8 Å². The summed E-state index contributed by atoms with van der Waals surface area (Å²) in [4.78, 5) is 40.9. The lowest BCUT2D eigenvalue weighted by molar-refractivity contribution is -0.124. The second-order valence-corrected chi connectivity index (χ2v) is 6.76. The summed E-state index contributed by atoms with van der Waals surface area (Å²) in [5.74, 6) is -1.33. The zero-order valence-corrected chi connectivity index (χ0v) is 16.2. The van der Waals surface area contributed by atoms with Crippen molar-refractivity contribution in [1.29, 1.82) is 0 Å². The molecule has 2 aromatic rings. The Labute approximate surface area is 168 Å². The number of benzene rings is 2. The number of hydrogen-bond donors (Lipinski definition) is 1. The minimum atomic E-state index is -0.946. The van der Waals surface area contributed by atoms with E-state index in [1.165, 1.54) is 36.3 Å². The Morgan fingerprint density at radius 1 is 1.17 bits per heavy atom. The van der Waals surface area contributed by atoms with Gasteiger partial charge in [-0.3, -0.25) is 9.59 Å². The molecule has 3 rings (SSSR count). The highest BCUT2D eigenvalue weighted by Crippen LogP contribution is 2.27. The lowest BCUT2D eigenvalue weighted by Gasteiger charge is -2.21. The van der Waals surface area contributed by atoms with Crippen molar-refractivity contribution in [3.05, 3.63) is 59.9 Å². The lowest BCUT2D eigenvalue weighted by atomic mass is 10.1. The first-order valence-electron chi connectivity index (χ1n) is 9.16. The van der Waals surface area contributed by atoms with Crippen LogP contribution in [0.2, 0.25) is 0 Å². The van der Waals surface area contributed by atoms with Gasteiger partial charge in [-0.1, -0.05) is 12.1 Å². The lowest BCUT2D eigenvalue weighted by Crippen LogP contribution is -2.39. The molecule has 0 bridgehead atoms. The van der Waals surface area contributed by atoms with E-state index in [4.69, 9.17) is 4.74 Å². The number of halogens is 1. The fraction of sp³-hybridized carbons (Fsp3) is 0.286. The third-order valence-electron chi connectivity index (χ3n) is 4.62. The van der Waals surface area contributed by atoms with Crippen LogP contribution in [0.3, 0.4) is 0 Å². The van der Waals surface area contributed by atoms with Crippen molar-refractivity contribution in [2.75, 3.05) is 30.5 Å². The van der Waals surface area contributed by atoms with Gasteiger partial charge in [0.1, 0.15) is 11.9 Å². The van der Waals surface area contributed by atoms with E-state index < -0.39 is 29.7 Å². The molecule has 0 unspecified atom stereocenters. The summed E-state index contributed by atoms with van der Waals surface area (Å²) in [6, 6.07) is 10.9. The summed E-state index contributed by atoms with van der Waals surface area (Å²) in [6.07, 6.45) is -0.214. The van der Waals surface area contributed by atoms with Crippen LogP contribution in [-0.4, -0.2) is 49.0 Å². The molecule has 152 valence electrons. The highest BCUT2D eigenvalue weighted by atomic mass is 19.1. The quantitative estimate of drug-likeness (QED) is 0.726. The molecule has 0 aromatic heterocycles. The number of methoxy groups -OCH3 is 1. The zero-order chi connectivity index (χ0) is 21.0. The normalized spacial score (nSPS) is 16.4. The molecule has 7 nitrogen and oxygen atoms in total. The number of aryl methyl sites for hydroxylation is 1. The van der Waals surface area contributed by atoms with Crippen molar-refractivity contribution < 1.29 is 23.5 Å². The maximum atomic E-state index is 13.0. The van der Waals surface area contributed by atoms with Crippen LogP contribution in [0.4, 0.5) is 20.6 Å². The van der Waals surface area contributed by atoms with Crippen molar-refractivity contribution in [2.24, 2.45) is 0 Å². The first kappa shape index (κ1) is 20.5. The topological polar surface area (TPSA) is 79.0 Å². The molecule has 0 saturated carbocycles. The molecule has 1 atom stereocenters. The van der Waals surface area contributed by atoms with Crippen molar-refractivity contribution in [1.82, 2.24) is 4.90 Å². The molecule has 29 heavy (non-hydrogen) atoms. The summed E-state index contributed by atoms with van der Waals surface area (Å²) in [5.41, 5.74) is 1.78.